The molecule has 11 heteroatoms. The first-order valence-electron chi connectivity index (χ1n) is 11.0. The maximum absolute atomic E-state index is 13.7. The Balaban J connectivity index is 1.48. The number of nitro benzene ring substituents is 1. The number of oxazole rings is 1. The maximum Gasteiger partial charge on any atom is 0.311 e. The fraction of sp³-hybridized carbons (Fsp3) is 0.0370. The number of nitro groups is 1. The van der Waals surface area contributed by atoms with Gasteiger partial charge in [0, 0.05) is 22.9 Å². The number of hydrogen-bond acceptors (Lipinski definition) is 6. The van der Waals surface area contributed by atoms with Crippen LogP contribution in [-0.2, 0) is 6.42 Å². The van der Waals surface area contributed by atoms with E-state index in [0.717, 1.165) is 17.7 Å². The lowest BCUT2D eigenvalue weighted by atomic mass is 10.0. The van der Waals surface area contributed by atoms with Crippen LogP contribution in [0.25, 0.3) is 22.6 Å². The lowest BCUT2D eigenvalue weighted by Gasteiger charge is -2.07. The number of halogens is 4. The smallest absolute Gasteiger partial charge is 0.311 e. The minimum absolute atomic E-state index is 0.00873. The first-order chi connectivity index (χ1) is 18.2. The van der Waals surface area contributed by atoms with Gasteiger partial charge in [-0.3, -0.25) is 15.1 Å². The normalized spacial score (nSPS) is 11.5. The van der Waals surface area contributed by atoms with Crippen molar-refractivity contribution in [2.75, 3.05) is 0 Å². The molecule has 7 nitrogen and oxygen atoms in total. The minimum atomic E-state index is -1.09. The summed E-state index contributed by atoms with van der Waals surface area (Å²) in [5, 5.41) is 22.5. The molecule has 0 fully saturated rings. The molecular weight excluding hydrogens is 539 g/mol. The monoisotopic (exact) mass is 553 g/mol. The van der Waals surface area contributed by atoms with Crippen LogP contribution in [0.15, 0.2) is 76.1 Å². The van der Waals surface area contributed by atoms with Crippen molar-refractivity contribution >= 4 is 51.9 Å². The zero-order chi connectivity index (χ0) is 27.0. The molecule has 0 aliphatic carbocycles. The summed E-state index contributed by atoms with van der Waals surface area (Å²) >= 11 is 12.3. The third kappa shape index (κ3) is 5.06. The molecule has 1 aromatic heterocycles. The highest BCUT2D eigenvalue weighted by Crippen LogP contribution is 2.34. The van der Waals surface area contributed by atoms with Gasteiger partial charge in [-0.2, -0.15) is 0 Å². The van der Waals surface area contributed by atoms with Crippen molar-refractivity contribution in [3.05, 3.63) is 115 Å². The molecule has 5 aromatic rings. The van der Waals surface area contributed by atoms with Crippen molar-refractivity contribution in [3.63, 3.8) is 0 Å². The highest BCUT2D eigenvalue weighted by molar-refractivity contribution is 6.33. The molecule has 0 saturated heterocycles. The fourth-order valence-electron chi connectivity index (χ4n) is 3.84. The Kier molecular flexibility index (Phi) is 6.79. The lowest BCUT2D eigenvalue weighted by molar-refractivity contribution is -0.385. The molecule has 0 radical (unpaired) electrons. The van der Waals surface area contributed by atoms with Crippen molar-refractivity contribution in [2.24, 2.45) is 4.99 Å². The van der Waals surface area contributed by atoms with Crippen LogP contribution in [0.2, 0.25) is 10.0 Å². The standard InChI is InChI=1S/C27H15Cl2F2N3O4/c28-19-4-2-1-3-15(19)7-14-8-16(26(35)24(9-14)34(36)37)13-32-17-5-6-25-23(10-17)33-27(38-25)18-11-21(30)22(31)12-20(18)29/h1-6,8-13,35H,7H2. The van der Waals surface area contributed by atoms with Gasteiger partial charge in [0.25, 0.3) is 0 Å². The molecule has 0 aliphatic rings. The van der Waals surface area contributed by atoms with Gasteiger partial charge in [0.15, 0.2) is 17.2 Å². The number of phenols is 1. The Hall–Kier alpha value is -4.34. The summed E-state index contributed by atoms with van der Waals surface area (Å²) in [6.07, 6.45) is 1.61. The van der Waals surface area contributed by atoms with Crippen molar-refractivity contribution in [1.82, 2.24) is 4.98 Å². The predicted molar refractivity (Wildman–Crippen MR) is 141 cm³/mol. The van der Waals surface area contributed by atoms with Crippen LogP contribution >= 0.6 is 23.2 Å². The molecule has 0 bridgehead atoms. The first-order valence-corrected chi connectivity index (χ1v) is 11.8. The van der Waals surface area contributed by atoms with E-state index in [2.05, 4.69) is 9.98 Å². The van der Waals surface area contributed by atoms with E-state index in [9.17, 15) is 24.0 Å². The number of aromatic hydroxyl groups is 1. The second kappa shape index (κ2) is 10.2. The van der Waals surface area contributed by atoms with Crippen LogP contribution in [-0.4, -0.2) is 21.2 Å². The molecular formula is C27H15Cl2F2N3O4. The van der Waals surface area contributed by atoms with Gasteiger partial charge in [0.05, 0.1) is 21.2 Å². The van der Waals surface area contributed by atoms with Crippen molar-refractivity contribution in [2.45, 2.75) is 6.42 Å². The largest absolute Gasteiger partial charge is 0.502 e. The van der Waals surface area contributed by atoms with Crippen molar-refractivity contribution in [3.8, 4) is 17.2 Å². The number of aromatic nitrogens is 1. The molecule has 0 saturated carbocycles. The van der Waals surface area contributed by atoms with E-state index in [-0.39, 0.29) is 22.0 Å². The molecule has 0 spiro atoms. The van der Waals surface area contributed by atoms with Crippen LogP contribution in [0.4, 0.5) is 20.2 Å². The molecule has 1 heterocycles. The van der Waals surface area contributed by atoms with E-state index < -0.39 is 28.0 Å². The zero-order valence-corrected chi connectivity index (χ0v) is 20.7. The SMILES string of the molecule is O=[N+]([O-])c1cc(Cc2ccccc2Cl)cc(C=Nc2ccc3oc(-c4cc(F)c(F)cc4Cl)nc3c2)c1O. The van der Waals surface area contributed by atoms with Gasteiger partial charge in [-0.1, -0.05) is 41.4 Å². The summed E-state index contributed by atoms with van der Waals surface area (Å²) in [6.45, 7) is 0. The van der Waals surface area contributed by atoms with E-state index in [1.165, 1.54) is 12.3 Å². The number of fused-ring (bicyclic) bond motifs is 1. The summed E-state index contributed by atoms with van der Waals surface area (Å²) in [5.41, 5.74) is 2.19. The Morgan fingerprint density at radius 3 is 2.55 bits per heavy atom. The molecule has 190 valence electrons. The molecule has 0 atom stereocenters. The Bertz CT molecular complexity index is 1750. The highest BCUT2D eigenvalue weighted by atomic mass is 35.5. The van der Waals surface area contributed by atoms with Gasteiger partial charge in [-0.25, -0.2) is 13.8 Å². The molecule has 0 amide bonds. The number of aliphatic imine (C=N–C) groups is 1. The molecule has 1 N–H and O–H groups in total. The quantitative estimate of drug-likeness (QED) is 0.0991. The topological polar surface area (TPSA) is 102 Å². The van der Waals surface area contributed by atoms with Crippen LogP contribution in [0, 0.1) is 21.7 Å². The summed E-state index contributed by atoms with van der Waals surface area (Å²) in [5.74, 6) is -2.72. The summed E-state index contributed by atoms with van der Waals surface area (Å²) < 4.78 is 32.8. The van der Waals surface area contributed by atoms with E-state index in [4.69, 9.17) is 27.6 Å². The van der Waals surface area contributed by atoms with Crippen molar-refractivity contribution in [1.29, 1.82) is 0 Å². The van der Waals surface area contributed by atoms with E-state index in [0.29, 0.717) is 33.8 Å². The van der Waals surface area contributed by atoms with Crippen LogP contribution < -0.4 is 0 Å². The first kappa shape index (κ1) is 25.3. The molecule has 38 heavy (non-hydrogen) atoms. The average Bonchev–Trinajstić information content (AvgIpc) is 3.30. The predicted octanol–water partition coefficient (Wildman–Crippen LogP) is 8.04. The van der Waals surface area contributed by atoms with E-state index in [1.54, 1.807) is 36.4 Å². The lowest BCUT2D eigenvalue weighted by Crippen LogP contribution is -1.97. The second-order valence-corrected chi connectivity index (χ2v) is 9.07. The highest BCUT2D eigenvalue weighted by Gasteiger charge is 2.19. The number of nitrogens with zero attached hydrogens (tertiary/aromatic N) is 3. The van der Waals surface area contributed by atoms with Gasteiger partial charge >= 0.3 is 5.69 Å². The van der Waals surface area contributed by atoms with Crippen molar-refractivity contribution < 1.29 is 23.2 Å². The summed E-state index contributed by atoms with van der Waals surface area (Å²) in [6, 6.07) is 16.5. The summed E-state index contributed by atoms with van der Waals surface area (Å²) in [4.78, 5) is 19.5. The van der Waals surface area contributed by atoms with Gasteiger partial charge in [-0.05, 0) is 60.0 Å². The van der Waals surface area contributed by atoms with Crippen LogP contribution in [0.3, 0.4) is 0 Å². The van der Waals surface area contributed by atoms with E-state index in [1.807, 2.05) is 12.1 Å². The molecule has 0 unspecified atom stereocenters. The molecule has 0 aliphatic heterocycles. The Morgan fingerprint density at radius 2 is 1.79 bits per heavy atom. The minimum Gasteiger partial charge on any atom is -0.502 e. The van der Waals surface area contributed by atoms with Gasteiger partial charge in [0.2, 0.25) is 11.6 Å². The van der Waals surface area contributed by atoms with Gasteiger partial charge in [0.1, 0.15) is 5.52 Å². The Labute approximate surface area is 223 Å². The Morgan fingerprint density at radius 1 is 1.03 bits per heavy atom. The number of hydrogen-bond donors (Lipinski definition) is 1. The van der Waals surface area contributed by atoms with Crippen LogP contribution in [0.5, 0.6) is 5.75 Å². The second-order valence-electron chi connectivity index (χ2n) is 8.25. The zero-order valence-electron chi connectivity index (χ0n) is 19.2. The van der Waals surface area contributed by atoms with Crippen LogP contribution in [0.1, 0.15) is 16.7 Å². The van der Waals surface area contributed by atoms with Gasteiger partial charge in [-0.15, -0.1) is 0 Å². The number of benzene rings is 4. The number of rotatable bonds is 6. The third-order valence-corrected chi connectivity index (χ3v) is 6.37. The maximum atomic E-state index is 13.7. The molecule has 5 rings (SSSR count). The number of phenolic OH excluding ortho intramolecular Hbond substituents is 1. The third-order valence-electron chi connectivity index (χ3n) is 5.69. The molecule has 4 aromatic carbocycles. The van der Waals surface area contributed by atoms with Gasteiger partial charge < -0.3 is 9.52 Å². The fourth-order valence-corrected chi connectivity index (χ4v) is 4.28. The summed E-state index contributed by atoms with van der Waals surface area (Å²) in [7, 11) is 0. The van der Waals surface area contributed by atoms with E-state index >= 15 is 0 Å². The average molecular weight is 554 g/mol.